The maximum absolute atomic E-state index is 11.2. The van der Waals surface area contributed by atoms with Crippen LogP contribution in [0.2, 0.25) is 0 Å². The van der Waals surface area contributed by atoms with Crippen LogP contribution in [-0.4, -0.2) is 25.3 Å². The highest BCUT2D eigenvalue weighted by Gasteiger charge is 2.17. The van der Waals surface area contributed by atoms with E-state index in [1.165, 1.54) is 20.3 Å². The van der Waals surface area contributed by atoms with Crippen molar-refractivity contribution in [2.24, 2.45) is 0 Å². The predicted molar refractivity (Wildman–Crippen MR) is 64.0 cm³/mol. The van der Waals surface area contributed by atoms with Crippen molar-refractivity contribution in [3.63, 3.8) is 0 Å². The van der Waals surface area contributed by atoms with Gasteiger partial charge >= 0.3 is 5.97 Å². The Balaban J connectivity index is 2.89. The van der Waals surface area contributed by atoms with Crippen LogP contribution in [0.5, 0.6) is 11.5 Å². The molecule has 0 heterocycles. The number of hydrogen-bond acceptors (Lipinski definition) is 3. The maximum atomic E-state index is 11.2. The highest BCUT2D eigenvalue weighted by molar-refractivity contribution is 6.03. The third kappa shape index (κ3) is 1.78. The second-order valence-corrected chi connectivity index (χ2v) is 3.51. The zero-order valence-electron chi connectivity index (χ0n) is 9.56. The normalized spacial score (nSPS) is 10.2. The molecule has 0 aliphatic heterocycles. The number of carboxylic acids is 1. The molecule has 0 unspecified atom stereocenters. The van der Waals surface area contributed by atoms with Gasteiger partial charge in [0.1, 0.15) is 17.1 Å². The molecule has 0 aliphatic carbocycles. The molecule has 0 spiro atoms. The number of benzene rings is 2. The number of carboxylic acid groups (broad SMARTS) is 1. The molecule has 0 aromatic heterocycles. The van der Waals surface area contributed by atoms with Crippen LogP contribution in [0, 0.1) is 0 Å². The molecule has 2 rings (SSSR count). The number of aromatic carboxylic acids is 1. The van der Waals surface area contributed by atoms with Gasteiger partial charge in [-0.05, 0) is 6.07 Å². The topological polar surface area (TPSA) is 55.8 Å². The van der Waals surface area contributed by atoms with Gasteiger partial charge in [0, 0.05) is 10.8 Å². The minimum atomic E-state index is -1.04. The van der Waals surface area contributed by atoms with E-state index in [1.807, 2.05) is 24.3 Å². The molecule has 4 heteroatoms. The maximum Gasteiger partial charge on any atom is 0.339 e. The van der Waals surface area contributed by atoms with Crippen LogP contribution in [0.15, 0.2) is 30.3 Å². The summed E-state index contributed by atoms with van der Waals surface area (Å²) in [5, 5.41) is 10.7. The summed E-state index contributed by atoms with van der Waals surface area (Å²) in [6.45, 7) is 0. The molecule has 0 radical (unpaired) electrons. The first-order chi connectivity index (χ1) is 8.19. The average molecular weight is 232 g/mol. The van der Waals surface area contributed by atoms with E-state index in [0.717, 1.165) is 10.8 Å². The first-order valence-electron chi connectivity index (χ1n) is 5.06. The van der Waals surface area contributed by atoms with Crippen LogP contribution in [0.3, 0.4) is 0 Å². The first kappa shape index (κ1) is 11.3. The molecule has 0 atom stereocenters. The number of carbonyl (C=O) groups is 1. The van der Waals surface area contributed by atoms with Gasteiger partial charge in [0.2, 0.25) is 0 Å². The van der Waals surface area contributed by atoms with E-state index in [4.69, 9.17) is 14.6 Å². The summed E-state index contributed by atoms with van der Waals surface area (Å²) < 4.78 is 10.4. The van der Waals surface area contributed by atoms with Crippen molar-refractivity contribution in [1.29, 1.82) is 0 Å². The Hall–Kier alpha value is -2.23. The van der Waals surface area contributed by atoms with Crippen molar-refractivity contribution in [3.8, 4) is 11.5 Å². The molecule has 0 saturated heterocycles. The lowest BCUT2D eigenvalue weighted by Crippen LogP contribution is -2.02. The number of methoxy groups -OCH3 is 2. The van der Waals surface area contributed by atoms with Gasteiger partial charge in [0.25, 0.3) is 0 Å². The lowest BCUT2D eigenvalue weighted by molar-refractivity contribution is 0.0693. The molecule has 2 aromatic rings. The largest absolute Gasteiger partial charge is 0.496 e. The van der Waals surface area contributed by atoms with Crippen LogP contribution in [0.1, 0.15) is 10.4 Å². The van der Waals surface area contributed by atoms with Crippen molar-refractivity contribution >= 4 is 16.7 Å². The van der Waals surface area contributed by atoms with Gasteiger partial charge < -0.3 is 14.6 Å². The standard InChI is InChI=1S/C13H12O4/c1-16-11-7-10(13(14)15)12(17-2)9-6-4-3-5-8(9)11/h3-7H,1-2H3,(H,14,15). The summed E-state index contributed by atoms with van der Waals surface area (Å²) in [4.78, 5) is 11.2. The first-order valence-corrected chi connectivity index (χ1v) is 5.06. The lowest BCUT2D eigenvalue weighted by Gasteiger charge is -2.12. The van der Waals surface area contributed by atoms with Crippen molar-refractivity contribution in [2.75, 3.05) is 14.2 Å². The fourth-order valence-corrected chi connectivity index (χ4v) is 1.86. The average Bonchev–Trinajstić information content (AvgIpc) is 2.36. The molecule has 0 aliphatic rings. The summed E-state index contributed by atoms with van der Waals surface area (Å²) in [6.07, 6.45) is 0. The van der Waals surface area contributed by atoms with Crippen LogP contribution in [0.4, 0.5) is 0 Å². The molecule has 17 heavy (non-hydrogen) atoms. The molecule has 2 aromatic carbocycles. The molecular formula is C13H12O4. The van der Waals surface area contributed by atoms with Crippen LogP contribution < -0.4 is 9.47 Å². The quantitative estimate of drug-likeness (QED) is 0.883. The molecule has 88 valence electrons. The summed E-state index contributed by atoms with van der Waals surface area (Å²) >= 11 is 0. The van der Waals surface area contributed by atoms with Gasteiger partial charge in [0.15, 0.2) is 0 Å². The number of hydrogen-bond donors (Lipinski definition) is 1. The molecule has 4 nitrogen and oxygen atoms in total. The molecular weight excluding hydrogens is 220 g/mol. The minimum Gasteiger partial charge on any atom is -0.496 e. The van der Waals surface area contributed by atoms with E-state index in [-0.39, 0.29) is 5.56 Å². The van der Waals surface area contributed by atoms with Gasteiger partial charge in [-0.3, -0.25) is 0 Å². The fraction of sp³-hybridized carbons (Fsp3) is 0.154. The van der Waals surface area contributed by atoms with Crippen molar-refractivity contribution in [3.05, 3.63) is 35.9 Å². The fourth-order valence-electron chi connectivity index (χ4n) is 1.86. The molecule has 0 fully saturated rings. The summed E-state index contributed by atoms with van der Waals surface area (Å²) in [6, 6.07) is 8.84. The Kier molecular flexibility index (Phi) is 2.87. The Labute approximate surface area is 98.4 Å². The minimum absolute atomic E-state index is 0.100. The summed E-state index contributed by atoms with van der Waals surface area (Å²) in [5.74, 6) is -0.154. The smallest absolute Gasteiger partial charge is 0.339 e. The van der Waals surface area contributed by atoms with Gasteiger partial charge in [-0.2, -0.15) is 0 Å². The van der Waals surface area contributed by atoms with Gasteiger partial charge in [-0.25, -0.2) is 4.79 Å². The zero-order chi connectivity index (χ0) is 12.4. The SMILES string of the molecule is COc1cc(C(=O)O)c(OC)c2ccccc12. The van der Waals surface area contributed by atoms with E-state index in [1.54, 1.807) is 0 Å². The molecule has 1 N–H and O–H groups in total. The van der Waals surface area contributed by atoms with Gasteiger partial charge in [-0.1, -0.05) is 24.3 Å². The number of rotatable bonds is 3. The second kappa shape index (κ2) is 4.33. The Morgan fingerprint density at radius 1 is 1.12 bits per heavy atom. The van der Waals surface area contributed by atoms with E-state index in [9.17, 15) is 4.79 Å². The van der Waals surface area contributed by atoms with Crippen molar-refractivity contribution in [2.45, 2.75) is 0 Å². The van der Waals surface area contributed by atoms with Crippen LogP contribution in [-0.2, 0) is 0 Å². The Bertz CT molecular complexity index is 575. The van der Waals surface area contributed by atoms with E-state index in [0.29, 0.717) is 11.5 Å². The van der Waals surface area contributed by atoms with E-state index in [2.05, 4.69) is 0 Å². The number of ether oxygens (including phenoxy) is 2. The third-order valence-corrected chi connectivity index (χ3v) is 2.61. The zero-order valence-corrected chi connectivity index (χ0v) is 9.56. The summed E-state index contributed by atoms with van der Waals surface area (Å²) in [7, 11) is 2.97. The Morgan fingerprint density at radius 3 is 2.29 bits per heavy atom. The Morgan fingerprint density at radius 2 is 1.76 bits per heavy atom. The predicted octanol–water partition coefficient (Wildman–Crippen LogP) is 2.56. The molecule has 0 amide bonds. The molecule has 0 bridgehead atoms. The van der Waals surface area contributed by atoms with Crippen LogP contribution >= 0.6 is 0 Å². The van der Waals surface area contributed by atoms with Gasteiger partial charge in [0.05, 0.1) is 14.2 Å². The van der Waals surface area contributed by atoms with E-state index >= 15 is 0 Å². The van der Waals surface area contributed by atoms with E-state index < -0.39 is 5.97 Å². The third-order valence-electron chi connectivity index (χ3n) is 2.61. The highest BCUT2D eigenvalue weighted by atomic mass is 16.5. The van der Waals surface area contributed by atoms with Crippen molar-refractivity contribution < 1.29 is 19.4 Å². The lowest BCUT2D eigenvalue weighted by atomic mass is 10.0. The van der Waals surface area contributed by atoms with Gasteiger partial charge in [-0.15, -0.1) is 0 Å². The second-order valence-electron chi connectivity index (χ2n) is 3.51. The van der Waals surface area contributed by atoms with Crippen LogP contribution in [0.25, 0.3) is 10.8 Å². The summed E-state index contributed by atoms with van der Waals surface area (Å²) in [5.41, 5.74) is 0.100. The van der Waals surface area contributed by atoms with Crippen molar-refractivity contribution in [1.82, 2.24) is 0 Å². The highest BCUT2D eigenvalue weighted by Crippen LogP contribution is 2.36. The molecule has 0 saturated carbocycles. The monoisotopic (exact) mass is 232 g/mol. The number of fused-ring (bicyclic) bond motifs is 1.